The first-order chi connectivity index (χ1) is 13.5. The van der Waals surface area contributed by atoms with Crippen molar-refractivity contribution in [2.75, 3.05) is 31.2 Å². The number of amides is 1. The number of nitrogen functional groups attached to an aromatic ring is 1. The molecule has 0 aliphatic carbocycles. The first-order valence-corrected chi connectivity index (χ1v) is 9.91. The number of aryl methyl sites for hydroxylation is 1. The minimum Gasteiger partial charge on any atom is -0.497 e. The minimum atomic E-state index is 0.0712. The van der Waals surface area contributed by atoms with Gasteiger partial charge in [0, 0.05) is 37.0 Å². The van der Waals surface area contributed by atoms with E-state index in [9.17, 15) is 4.79 Å². The Morgan fingerprint density at radius 3 is 3.00 bits per heavy atom. The lowest BCUT2D eigenvalue weighted by molar-refractivity contribution is -0.116. The second-order valence-electron chi connectivity index (χ2n) is 7.56. The summed E-state index contributed by atoms with van der Waals surface area (Å²) in [4.78, 5) is 19.0. The number of nitrogens with zero attached hydrogens (tertiary/aromatic N) is 2. The fraction of sp³-hybridized carbons (Fsp3) is 0.455. The molecule has 0 radical (unpaired) electrons. The normalized spacial score (nSPS) is 17.3. The van der Waals surface area contributed by atoms with Crippen molar-refractivity contribution in [3.63, 3.8) is 0 Å². The topological polar surface area (TPSA) is 80.5 Å². The summed E-state index contributed by atoms with van der Waals surface area (Å²) in [6, 6.07) is 9.66. The summed E-state index contributed by atoms with van der Waals surface area (Å²) >= 11 is 0. The summed E-state index contributed by atoms with van der Waals surface area (Å²) in [6.45, 7) is 4.87. The van der Waals surface area contributed by atoms with E-state index in [0.717, 1.165) is 55.0 Å². The van der Waals surface area contributed by atoms with Crippen molar-refractivity contribution in [1.82, 2.24) is 9.88 Å². The van der Waals surface area contributed by atoms with Crippen molar-refractivity contribution in [2.24, 2.45) is 5.92 Å². The maximum absolute atomic E-state index is 12.4. The van der Waals surface area contributed by atoms with Gasteiger partial charge in [-0.25, -0.2) is 4.98 Å². The van der Waals surface area contributed by atoms with E-state index in [4.69, 9.17) is 10.5 Å². The Labute approximate surface area is 167 Å². The number of piperidine rings is 1. The maximum atomic E-state index is 12.4. The summed E-state index contributed by atoms with van der Waals surface area (Å²) in [5.41, 5.74) is 8.91. The van der Waals surface area contributed by atoms with E-state index in [1.165, 1.54) is 6.42 Å². The highest BCUT2D eigenvalue weighted by atomic mass is 16.5. The van der Waals surface area contributed by atoms with Crippen molar-refractivity contribution < 1.29 is 9.53 Å². The number of benzene rings is 1. The average Bonchev–Trinajstić information content (AvgIpc) is 2.70. The third-order valence-corrected chi connectivity index (χ3v) is 5.41. The molecule has 6 heteroatoms. The van der Waals surface area contributed by atoms with Crippen LogP contribution in [0.1, 0.15) is 36.8 Å². The number of carbonyl (C=O) groups excluding carboxylic acids is 1. The van der Waals surface area contributed by atoms with Crippen LogP contribution >= 0.6 is 0 Å². The quantitative estimate of drug-likeness (QED) is 0.765. The Morgan fingerprint density at radius 2 is 2.25 bits per heavy atom. The number of hydrogen-bond donors (Lipinski definition) is 2. The van der Waals surface area contributed by atoms with Crippen molar-refractivity contribution in [3.8, 4) is 5.75 Å². The number of nitrogens with one attached hydrogen (secondary N) is 1. The van der Waals surface area contributed by atoms with Gasteiger partial charge in [-0.05, 0) is 68.5 Å². The predicted molar refractivity (Wildman–Crippen MR) is 112 cm³/mol. The molecule has 0 saturated carbocycles. The molecule has 0 bridgehead atoms. The minimum absolute atomic E-state index is 0.0712. The highest BCUT2D eigenvalue weighted by Crippen LogP contribution is 2.25. The van der Waals surface area contributed by atoms with Crippen molar-refractivity contribution >= 4 is 17.4 Å². The molecule has 1 aromatic heterocycles. The monoisotopic (exact) mass is 382 g/mol. The SMILES string of the molecule is COc1ccc(NC(=O)CC[C@H]2CCCN(Cc3cccnc3N)C2)c(C)c1. The third kappa shape index (κ3) is 5.45. The van der Waals surface area contributed by atoms with Crippen LogP contribution in [-0.2, 0) is 11.3 Å². The van der Waals surface area contributed by atoms with Gasteiger partial charge in [-0.3, -0.25) is 9.69 Å². The summed E-state index contributed by atoms with van der Waals surface area (Å²) in [5.74, 6) is 2.02. The average molecular weight is 383 g/mol. The van der Waals surface area contributed by atoms with E-state index in [1.807, 2.05) is 37.3 Å². The summed E-state index contributed by atoms with van der Waals surface area (Å²) in [5, 5.41) is 3.03. The van der Waals surface area contributed by atoms with E-state index in [1.54, 1.807) is 13.3 Å². The molecule has 3 N–H and O–H groups in total. The number of nitrogens with two attached hydrogens (primary N) is 1. The van der Waals surface area contributed by atoms with Crippen LogP contribution in [0.5, 0.6) is 5.75 Å². The molecule has 1 saturated heterocycles. The Balaban J connectivity index is 1.47. The molecule has 1 aromatic carbocycles. The molecule has 1 aliphatic heterocycles. The Bertz CT molecular complexity index is 809. The van der Waals surface area contributed by atoms with Gasteiger partial charge in [0.2, 0.25) is 5.91 Å². The first kappa shape index (κ1) is 20.1. The standard InChI is InChI=1S/C22H30N4O2/c1-16-13-19(28-2)8-9-20(16)25-21(27)10-7-17-5-4-12-26(14-17)15-18-6-3-11-24-22(18)23/h3,6,8-9,11,13,17H,4-5,7,10,12,14-15H2,1-2H3,(H2,23,24)(H,25,27)/t17-/m1/s1. The molecule has 1 amide bonds. The van der Waals surface area contributed by atoms with Crippen LogP contribution in [0.3, 0.4) is 0 Å². The van der Waals surface area contributed by atoms with Gasteiger partial charge >= 0.3 is 0 Å². The highest BCUT2D eigenvalue weighted by molar-refractivity contribution is 5.91. The van der Waals surface area contributed by atoms with E-state index >= 15 is 0 Å². The van der Waals surface area contributed by atoms with Gasteiger partial charge < -0.3 is 15.8 Å². The van der Waals surface area contributed by atoms with Gasteiger partial charge in [0.1, 0.15) is 11.6 Å². The molecule has 6 nitrogen and oxygen atoms in total. The summed E-state index contributed by atoms with van der Waals surface area (Å²) < 4.78 is 5.21. The molecule has 2 aromatic rings. The van der Waals surface area contributed by atoms with Crippen LogP contribution in [0.2, 0.25) is 0 Å². The van der Waals surface area contributed by atoms with Crippen LogP contribution < -0.4 is 15.8 Å². The third-order valence-electron chi connectivity index (χ3n) is 5.41. The second kappa shape index (κ2) is 9.55. The number of carbonyl (C=O) groups is 1. The Kier molecular flexibility index (Phi) is 6.87. The van der Waals surface area contributed by atoms with Crippen molar-refractivity contribution in [3.05, 3.63) is 47.7 Å². The highest BCUT2D eigenvalue weighted by Gasteiger charge is 2.21. The molecule has 3 rings (SSSR count). The molecule has 0 spiro atoms. The smallest absolute Gasteiger partial charge is 0.224 e. The van der Waals surface area contributed by atoms with Crippen molar-refractivity contribution in [1.29, 1.82) is 0 Å². The molecule has 28 heavy (non-hydrogen) atoms. The molecule has 0 unspecified atom stereocenters. The zero-order valence-electron chi connectivity index (χ0n) is 16.8. The van der Waals surface area contributed by atoms with Crippen LogP contribution in [-0.4, -0.2) is 36.0 Å². The number of likely N-dealkylation sites (tertiary alicyclic amines) is 1. The van der Waals surface area contributed by atoms with Crippen LogP contribution in [0.4, 0.5) is 11.5 Å². The van der Waals surface area contributed by atoms with Crippen molar-refractivity contribution in [2.45, 2.75) is 39.2 Å². The maximum Gasteiger partial charge on any atom is 0.224 e. The number of ether oxygens (including phenoxy) is 1. The Hall–Kier alpha value is -2.60. The summed E-state index contributed by atoms with van der Waals surface area (Å²) in [6.07, 6.45) is 5.50. The fourth-order valence-corrected chi connectivity index (χ4v) is 3.81. The van der Waals surface area contributed by atoms with Gasteiger partial charge in [0.15, 0.2) is 0 Å². The lowest BCUT2D eigenvalue weighted by Gasteiger charge is -2.32. The number of rotatable bonds is 7. The lowest BCUT2D eigenvalue weighted by Crippen LogP contribution is -2.35. The molecule has 150 valence electrons. The summed E-state index contributed by atoms with van der Waals surface area (Å²) in [7, 11) is 1.64. The molecule has 1 fully saturated rings. The molecule has 2 heterocycles. The lowest BCUT2D eigenvalue weighted by atomic mass is 9.93. The van der Waals surface area contributed by atoms with Gasteiger partial charge in [0.05, 0.1) is 7.11 Å². The first-order valence-electron chi connectivity index (χ1n) is 9.91. The second-order valence-corrected chi connectivity index (χ2v) is 7.56. The zero-order chi connectivity index (χ0) is 19.9. The number of hydrogen-bond acceptors (Lipinski definition) is 5. The van der Waals surface area contributed by atoms with Gasteiger partial charge in [0.25, 0.3) is 0 Å². The fourth-order valence-electron chi connectivity index (χ4n) is 3.81. The van der Waals surface area contributed by atoms with Gasteiger partial charge in [-0.1, -0.05) is 6.07 Å². The molecular formula is C22H30N4O2. The van der Waals surface area contributed by atoms with E-state index in [0.29, 0.717) is 18.2 Å². The number of methoxy groups -OCH3 is 1. The van der Waals surface area contributed by atoms with Gasteiger partial charge in [-0.15, -0.1) is 0 Å². The van der Waals surface area contributed by atoms with E-state index < -0.39 is 0 Å². The van der Waals surface area contributed by atoms with Gasteiger partial charge in [-0.2, -0.15) is 0 Å². The van der Waals surface area contributed by atoms with E-state index in [-0.39, 0.29) is 5.91 Å². The predicted octanol–water partition coefficient (Wildman–Crippen LogP) is 3.61. The molecule has 1 aliphatic rings. The number of aromatic nitrogens is 1. The van der Waals surface area contributed by atoms with Crippen LogP contribution in [0.25, 0.3) is 0 Å². The molecule has 1 atom stereocenters. The van der Waals surface area contributed by atoms with E-state index in [2.05, 4.69) is 15.2 Å². The number of anilines is 2. The van der Waals surface area contributed by atoms with Crippen LogP contribution in [0, 0.1) is 12.8 Å². The number of pyridine rings is 1. The largest absolute Gasteiger partial charge is 0.497 e. The zero-order valence-corrected chi connectivity index (χ0v) is 16.8. The Morgan fingerprint density at radius 1 is 1.39 bits per heavy atom. The van der Waals surface area contributed by atoms with Crippen LogP contribution in [0.15, 0.2) is 36.5 Å². The molecular weight excluding hydrogens is 352 g/mol.